The third-order valence-electron chi connectivity index (χ3n) is 5.29. The first-order valence-electron chi connectivity index (χ1n) is 9.25. The van der Waals surface area contributed by atoms with E-state index in [0.717, 1.165) is 36.1 Å². The first-order chi connectivity index (χ1) is 13.6. The van der Waals surface area contributed by atoms with Gasteiger partial charge in [0.25, 0.3) is 5.91 Å². The van der Waals surface area contributed by atoms with Crippen LogP contribution in [0, 0.1) is 5.92 Å². The average Bonchev–Trinajstić information content (AvgIpc) is 3.10. The van der Waals surface area contributed by atoms with Crippen LogP contribution in [0.5, 0.6) is 0 Å². The number of fused-ring (bicyclic) bond motifs is 1. The fraction of sp³-hybridized carbons (Fsp3) is 0.273. The maximum absolute atomic E-state index is 12.5. The van der Waals surface area contributed by atoms with Gasteiger partial charge in [0.1, 0.15) is 5.88 Å². The van der Waals surface area contributed by atoms with Crippen molar-refractivity contribution in [3.63, 3.8) is 0 Å². The highest BCUT2D eigenvalue weighted by Crippen LogP contribution is 2.44. The molecule has 1 saturated carbocycles. The summed E-state index contributed by atoms with van der Waals surface area (Å²) in [6.45, 7) is 0. The molecule has 1 aliphatic carbocycles. The van der Waals surface area contributed by atoms with Gasteiger partial charge in [-0.05, 0) is 66.3 Å². The number of hydrogen-bond donors (Lipinski definition) is 0. The summed E-state index contributed by atoms with van der Waals surface area (Å²) >= 11 is 17.9. The third-order valence-corrected chi connectivity index (χ3v) is 6.03. The quantitative estimate of drug-likeness (QED) is 0.519. The van der Waals surface area contributed by atoms with Crippen LogP contribution < -0.4 is 0 Å². The summed E-state index contributed by atoms with van der Waals surface area (Å²) in [4.78, 5) is 12.5. The number of alkyl halides is 1. The Morgan fingerprint density at radius 3 is 2.36 bits per heavy atom. The van der Waals surface area contributed by atoms with Gasteiger partial charge in [-0.15, -0.1) is 11.6 Å². The van der Waals surface area contributed by atoms with Crippen molar-refractivity contribution in [3.8, 4) is 0 Å². The second-order valence-corrected chi connectivity index (χ2v) is 8.21. The highest BCUT2D eigenvalue weighted by Gasteiger charge is 2.43. The number of rotatable bonds is 3. The molecule has 2 aliphatic rings. The highest BCUT2D eigenvalue weighted by molar-refractivity contribution is 6.31. The van der Waals surface area contributed by atoms with Crippen LogP contribution in [-0.4, -0.2) is 22.5 Å². The van der Waals surface area contributed by atoms with Crippen LogP contribution in [-0.2, 0) is 4.79 Å². The summed E-state index contributed by atoms with van der Waals surface area (Å²) in [5.41, 5.74) is 4.26. The third kappa shape index (κ3) is 3.84. The molecule has 0 radical (unpaired) electrons. The van der Waals surface area contributed by atoms with Crippen molar-refractivity contribution in [3.05, 3.63) is 75.3 Å². The van der Waals surface area contributed by atoms with E-state index in [1.54, 1.807) is 5.01 Å². The molecule has 2 aromatic rings. The Balaban J connectivity index is 1.73. The van der Waals surface area contributed by atoms with Gasteiger partial charge in [0.15, 0.2) is 0 Å². The van der Waals surface area contributed by atoms with Crippen LogP contribution >= 0.6 is 34.8 Å². The molecule has 0 bridgehead atoms. The lowest BCUT2D eigenvalue weighted by Gasteiger charge is -2.29. The van der Waals surface area contributed by atoms with Crippen LogP contribution in [0.15, 0.2) is 59.2 Å². The minimum atomic E-state index is -0.186. The molecule has 0 saturated heterocycles. The molecule has 0 unspecified atom stereocenters. The monoisotopic (exact) mass is 432 g/mol. The number of benzene rings is 2. The number of hydrogen-bond acceptors (Lipinski definition) is 2. The number of hydrazone groups is 1. The Labute approximate surface area is 179 Å². The minimum Gasteiger partial charge on any atom is -0.272 e. The van der Waals surface area contributed by atoms with Crippen molar-refractivity contribution < 1.29 is 4.79 Å². The molecule has 6 heteroatoms. The van der Waals surface area contributed by atoms with Gasteiger partial charge in [-0.3, -0.25) is 4.79 Å². The van der Waals surface area contributed by atoms with Gasteiger partial charge in [-0.25, -0.2) is 5.01 Å². The van der Waals surface area contributed by atoms with Crippen LogP contribution in [0.3, 0.4) is 0 Å². The zero-order valence-corrected chi connectivity index (χ0v) is 17.4. The molecule has 1 heterocycles. The molecule has 0 N–H and O–H groups in total. The molecule has 1 amide bonds. The fourth-order valence-electron chi connectivity index (χ4n) is 4.02. The van der Waals surface area contributed by atoms with E-state index in [1.807, 2.05) is 48.5 Å². The summed E-state index contributed by atoms with van der Waals surface area (Å²) < 4.78 is 0. The molecule has 3 nitrogen and oxygen atoms in total. The van der Waals surface area contributed by atoms with Crippen molar-refractivity contribution in [2.75, 3.05) is 5.88 Å². The maximum atomic E-state index is 12.5. The molecule has 4 rings (SSSR count). The minimum absolute atomic E-state index is 0.0934. The molecule has 2 atom stereocenters. The van der Waals surface area contributed by atoms with E-state index in [0.29, 0.717) is 10.0 Å². The number of allylic oxidation sites excluding steroid dienone is 1. The van der Waals surface area contributed by atoms with Crippen LogP contribution in [0.2, 0.25) is 10.0 Å². The Kier molecular flexibility index (Phi) is 5.77. The summed E-state index contributed by atoms with van der Waals surface area (Å²) in [5, 5.41) is 7.69. The molecule has 1 fully saturated rings. The van der Waals surface area contributed by atoms with E-state index in [-0.39, 0.29) is 23.7 Å². The molecular formula is C22H19Cl3N2O. The summed E-state index contributed by atoms with van der Waals surface area (Å²) in [7, 11) is 0. The SMILES string of the molecule is O=C(CCl)N1N=C2/C(=C/c3ccc(Cl)cc3)CCC[C@H]2[C@@H]1c1ccc(Cl)cc1. The molecule has 28 heavy (non-hydrogen) atoms. The van der Waals surface area contributed by atoms with Gasteiger partial charge in [0.2, 0.25) is 0 Å². The normalized spacial score (nSPS) is 22.9. The van der Waals surface area contributed by atoms with E-state index < -0.39 is 0 Å². The molecule has 0 spiro atoms. The largest absolute Gasteiger partial charge is 0.272 e. The van der Waals surface area contributed by atoms with Gasteiger partial charge >= 0.3 is 0 Å². The molecule has 0 aromatic heterocycles. The number of carbonyl (C=O) groups excluding carboxylic acids is 1. The zero-order chi connectivity index (χ0) is 19.7. The lowest BCUT2D eigenvalue weighted by molar-refractivity contribution is -0.130. The number of amides is 1. The molecule has 144 valence electrons. The Hall–Kier alpha value is -1.81. The smallest absolute Gasteiger partial charge is 0.258 e. The van der Waals surface area contributed by atoms with Crippen LogP contribution in [0.4, 0.5) is 0 Å². The van der Waals surface area contributed by atoms with Crippen molar-refractivity contribution in [2.45, 2.75) is 25.3 Å². The second-order valence-electron chi connectivity index (χ2n) is 7.07. The number of halogens is 3. The van der Waals surface area contributed by atoms with Crippen molar-refractivity contribution in [2.24, 2.45) is 11.0 Å². The van der Waals surface area contributed by atoms with E-state index in [1.165, 1.54) is 5.57 Å². The van der Waals surface area contributed by atoms with Gasteiger partial charge in [0, 0.05) is 16.0 Å². The maximum Gasteiger partial charge on any atom is 0.258 e. The lowest BCUT2D eigenvalue weighted by Crippen LogP contribution is -2.32. The summed E-state index contributed by atoms with van der Waals surface area (Å²) in [6.07, 6.45) is 5.12. The predicted molar refractivity (Wildman–Crippen MR) is 116 cm³/mol. The second kappa shape index (κ2) is 8.28. The van der Waals surface area contributed by atoms with E-state index >= 15 is 0 Å². The summed E-state index contributed by atoms with van der Waals surface area (Å²) in [5.74, 6) is -0.126. The van der Waals surface area contributed by atoms with Crippen LogP contribution in [0.1, 0.15) is 36.4 Å². The Bertz CT molecular complexity index is 935. The first-order valence-corrected chi connectivity index (χ1v) is 10.5. The topological polar surface area (TPSA) is 32.7 Å². The van der Waals surface area contributed by atoms with Crippen LogP contribution in [0.25, 0.3) is 6.08 Å². The van der Waals surface area contributed by atoms with Gasteiger partial charge in [-0.1, -0.05) is 47.5 Å². The van der Waals surface area contributed by atoms with E-state index in [9.17, 15) is 4.79 Å². The fourth-order valence-corrected chi connectivity index (χ4v) is 4.40. The van der Waals surface area contributed by atoms with Gasteiger partial charge in [-0.2, -0.15) is 5.10 Å². The molecule has 1 aliphatic heterocycles. The Morgan fingerprint density at radius 2 is 1.71 bits per heavy atom. The van der Waals surface area contributed by atoms with Gasteiger partial charge < -0.3 is 0 Å². The van der Waals surface area contributed by atoms with Crippen molar-refractivity contribution in [1.29, 1.82) is 0 Å². The Morgan fingerprint density at radius 1 is 1.07 bits per heavy atom. The first kappa shape index (κ1) is 19.5. The molecule has 2 aromatic carbocycles. The highest BCUT2D eigenvalue weighted by atomic mass is 35.5. The number of carbonyl (C=O) groups is 1. The summed E-state index contributed by atoms with van der Waals surface area (Å²) in [6, 6.07) is 15.2. The van der Waals surface area contributed by atoms with E-state index in [2.05, 4.69) is 6.08 Å². The standard InChI is InChI=1S/C22H19Cl3N2O/c23-13-20(28)27-22(15-6-10-18(25)11-7-15)19-3-1-2-16(21(19)26-27)12-14-4-8-17(24)9-5-14/h4-12,19,22H,1-3,13H2/b16-12+/t19-,22+/m1/s1. The lowest BCUT2D eigenvalue weighted by atomic mass is 9.77. The van der Waals surface area contributed by atoms with Crippen molar-refractivity contribution >= 4 is 52.5 Å². The average molecular weight is 434 g/mol. The zero-order valence-electron chi connectivity index (χ0n) is 15.1. The number of nitrogens with zero attached hydrogens (tertiary/aromatic N) is 2. The van der Waals surface area contributed by atoms with E-state index in [4.69, 9.17) is 39.9 Å². The van der Waals surface area contributed by atoms with Crippen molar-refractivity contribution in [1.82, 2.24) is 5.01 Å². The molecular weight excluding hydrogens is 415 g/mol. The van der Waals surface area contributed by atoms with Gasteiger partial charge in [0.05, 0.1) is 11.8 Å². The predicted octanol–water partition coefficient (Wildman–Crippen LogP) is 6.36.